The van der Waals surface area contributed by atoms with Crippen molar-refractivity contribution < 1.29 is 0 Å². The molecule has 0 fully saturated rings. The molecule has 1 aliphatic heterocycles. The lowest BCUT2D eigenvalue weighted by molar-refractivity contribution is 0.627. The molecule has 4 heterocycles. The highest BCUT2D eigenvalue weighted by atomic mass is 15.3. The second-order valence-electron chi connectivity index (χ2n) is 8.70. The third-order valence-electron chi connectivity index (χ3n) is 6.55. The Hall–Kier alpha value is -4.23. The van der Waals surface area contributed by atoms with Gasteiger partial charge in [-0.3, -0.25) is 9.78 Å². The molecule has 1 aliphatic rings. The molecule has 7 nitrogen and oxygen atoms in total. The number of fused-ring (bicyclic) bond motifs is 8. The number of hydrogen-bond donors (Lipinski definition) is 3. The minimum Gasteiger partial charge on any atom is -0.339 e. The predicted octanol–water partition coefficient (Wildman–Crippen LogP) is 5.02. The summed E-state index contributed by atoms with van der Waals surface area (Å²) >= 11 is 0. The number of H-pyrrole nitrogens is 1. The van der Waals surface area contributed by atoms with Crippen LogP contribution in [-0.4, -0.2) is 25.0 Å². The summed E-state index contributed by atoms with van der Waals surface area (Å²) in [4.78, 5) is 4.60. The van der Waals surface area contributed by atoms with Gasteiger partial charge in [-0.25, -0.2) is 4.98 Å². The van der Waals surface area contributed by atoms with Crippen LogP contribution < -0.4 is 10.6 Å². The number of pyridine rings is 1. The predicted molar refractivity (Wildman–Crippen MR) is 136 cm³/mol. The van der Waals surface area contributed by atoms with Gasteiger partial charge in [0.2, 0.25) is 0 Å². The average molecular weight is 448 g/mol. The molecule has 6 rings (SSSR count). The average Bonchev–Trinajstić information content (AvgIpc) is 3.43. The molecule has 7 heteroatoms. The van der Waals surface area contributed by atoms with E-state index >= 15 is 0 Å². The standard InChI is InChI=1S/C27H25N7/c1-16-21-9-10-29-27(16)31-17(2)26-22-12-20(7-8-24(22)32-33-26)23-14-30-34(3)25(23)15-28-13-18-5-4-6-19(21)11-18/h4-12,14,28H,2,13,15H2,1,3H3,(H,29,31)(H,32,33). The van der Waals surface area contributed by atoms with Crippen LogP contribution in [0.4, 0.5) is 5.82 Å². The fourth-order valence-electron chi connectivity index (χ4n) is 4.68. The van der Waals surface area contributed by atoms with Crippen LogP contribution in [0.15, 0.2) is 67.5 Å². The monoisotopic (exact) mass is 447 g/mol. The summed E-state index contributed by atoms with van der Waals surface area (Å²) in [5.74, 6) is 0.775. The smallest absolute Gasteiger partial charge is 0.133 e. The summed E-state index contributed by atoms with van der Waals surface area (Å²) in [6.45, 7) is 7.84. The van der Waals surface area contributed by atoms with E-state index in [1.807, 2.05) is 24.1 Å². The van der Waals surface area contributed by atoms with Crippen molar-refractivity contribution in [2.75, 3.05) is 5.32 Å². The number of anilines is 1. The summed E-state index contributed by atoms with van der Waals surface area (Å²) in [6.07, 6.45) is 3.76. The second-order valence-corrected chi connectivity index (χ2v) is 8.70. The van der Waals surface area contributed by atoms with E-state index in [-0.39, 0.29) is 0 Å². The molecular formula is C27H25N7. The van der Waals surface area contributed by atoms with Crippen LogP contribution in [0.5, 0.6) is 0 Å². The van der Waals surface area contributed by atoms with E-state index in [4.69, 9.17) is 0 Å². The molecule has 0 saturated carbocycles. The lowest BCUT2D eigenvalue weighted by Gasteiger charge is -2.14. The topological polar surface area (TPSA) is 83.5 Å². The number of nitrogens with one attached hydrogen (secondary N) is 3. The normalized spacial score (nSPS) is 13.5. The molecule has 0 aliphatic carbocycles. The third kappa shape index (κ3) is 3.38. The molecule has 0 atom stereocenters. The van der Waals surface area contributed by atoms with E-state index in [1.165, 1.54) is 5.56 Å². The maximum Gasteiger partial charge on any atom is 0.133 e. The maximum atomic E-state index is 4.60. The number of hydrogen-bond acceptors (Lipinski definition) is 5. The van der Waals surface area contributed by atoms with Gasteiger partial charge in [0.05, 0.1) is 23.1 Å². The van der Waals surface area contributed by atoms with Crippen molar-refractivity contribution in [2.45, 2.75) is 20.0 Å². The molecule has 5 aromatic rings. The van der Waals surface area contributed by atoms with Crippen molar-refractivity contribution in [1.82, 2.24) is 30.3 Å². The van der Waals surface area contributed by atoms with E-state index in [1.54, 1.807) is 0 Å². The SMILES string of the molecule is C=C1Nc2nccc(c2C)-c2cccc(c2)CNCc2c(cnn2C)-c2ccc3[nH]nc1c3c2. The van der Waals surface area contributed by atoms with E-state index in [2.05, 4.69) is 92.9 Å². The molecule has 2 aromatic carbocycles. The fraction of sp³-hybridized carbons (Fsp3) is 0.148. The molecule has 0 amide bonds. The zero-order chi connectivity index (χ0) is 23.2. The van der Waals surface area contributed by atoms with Crippen molar-refractivity contribution in [3.63, 3.8) is 0 Å². The molecule has 0 saturated heterocycles. The Morgan fingerprint density at radius 2 is 1.88 bits per heavy atom. The largest absolute Gasteiger partial charge is 0.339 e. The van der Waals surface area contributed by atoms with Crippen molar-refractivity contribution in [1.29, 1.82) is 0 Å². The Balaban J connectivity index is 1.53. The summed E-state index contributed by atoms with van der Waals surface area (Å²) in [5.41, 5.74) is 10.3. The van der Waals surface area contributed by atoms with Gasteiger partial charge in [-0.15, -0.1) is 0 Å². The van der Waals surface area contributed by atoms with E-state index < -0.39 is 0 Å². The summed E-state index contributed by atoms with van der Waals surface area (Å²) in [5, 5.41) is 20.3. The molecule has 0 radical (unpaired) electrons. The van der Waals surface area contributed by atoms with Gasteiger partial charge in [0.1, 0.15) is 11.5 Å². The number of aryl methyl sites for hydroxylation is 1. The molecule has 0 unspecified atom stereocenters. The van der Waals surface area contributed by atoms with Crippen molar-refractivity contribution >= 4 is 22.4 Å². The first-order chi connectivity index (χ1) is 16.6. The first kappa shape index (κ1) is 20.4. The third-order valence-corrected chi connectivity index (χ3v) is 6.55. The number of benzene rings is 2. The zero-order valence-corrected chi connectivity index (χ0v) is 19.2. The number of nitrogens with zero attached hydrogens (tertiary/aromatic N) is 4. The number of aromatic amines is 1. The van der Waals surface area contributed by atoms with E-state index in [0.717, 1.165) is 62.5 Å². The molecule has 3 aromatic heterocycles. The van der Waals surface area contributed by atoms with Crippen LogP contribution >= 0.6 is 0 Å². The highest BCUT2D eigenvalue weighted by molar-refractivity contribution is 5.95. The van der Waals surface area contributed by atoms with Gasteiger partial charge in [-0.1, -0.05) is 30.8 Å². The second kappa shape index (κ2) is 7.97. The first-order valence-corrected chi connectivity index (χ1v) is 11.3. The molecule has 6 bridgehead atoms. The van der Waals surface area contributed by atoms with Crippen LogP contribution in [0.25, 0.3) is 38.9 Å². The van der Waals surface area contributed by atoms with Crippen LogP contribution in [0.3, 0.4) is 0 Å². The van der Waals surface area contributed by atoms with Gasteiger partial charge in [0.15, 0.2) is 0 Å². The van der Waals surface area contributed by atoms with Gasteiger partial charge in [-0.05, 0) is 59.0 Å². The Morgan fingerprint density at radius 3 is 2.79 bits per heavy atom. The van der Waals surface area contributed by atoms with Crippen LogP contribution in [0.1, 0.15) is 22.5 Å². The summed E-state index contributed by atoms with van der Waals surface area (Å²) < 4.78 is 1.94. The molecule has 3 N–H and O–H groups in total. The van der Waals surface area contributed by atoms with Gasteiger partial charge < -0.3 is 10.6 Å². The lowest BCUT2D eigenvalue weighted by Crippen LogP contribution is -2.16. The van der Waals surface area contributed by atoms with Gasteiger partial charge >= 0.3 is 0 Å². The zero-order valence-electron chi connectivity index (χ0n) is 19.2. The van der Waals surface area contributed by atoms with Gasteiger partial charge in [0, 0.05) is 37.3 Å². The number of rotatable bonds is 0. The van der Waals surface area contributed by atoms with E-state index in [9.17, 15) is 0 Å². The van der Waals surface area contributed by atoms with Gasteiger partial charge in [0.25, 0.3) is 0 Å². The van der Waals surface area contributed by atoms with Crippen LogP contribution in [0, 0.1) is 6.92 Å². The molecule has 34 heavy (non-hydrogen) atoms. The Kier molecular flexibility index (Phi) is 4.78. The van der Waals surface area contributed by atoms with Crippen molar-refractivity contribution in [2.24, 2.45) is 7.05 Å². The van der Waals surface area contributed by atoms with Gasteiger partial charge in [-0.2, -0.15) is 10.2 Å². The molecule has 0 spiro atoms. The van der Waals surface area contributed by atoms with E-state index in [0.29, 0.717) is 12.2 Å². The Labute approximate surface area is 197 Å². The number of aromatic nitrogens is 5. The molecular weight excluding hydrogens is 422 g/mol. The minimum atomic E-state index is 0.697. The lowest BCUT2D eigenvalue weighted by atomic mass is 9.99. The Bertz CT molecular complexity index is 1560. The highest BCUT2D eigenvalue weighted by Gasteiger charge is 2.17. The first-order valence-electron chi connectivity index (χ1n) is 11.3. The van der Waals surface area contributed by atoms with Crippen molar-refractivity contribution in [3.05, 3.63) is 90.0 Å². The summed E-state index contributed by atoms with van der Waals surface area (Å²) in [7, 11) is 1.99. The molecule has 168 valence electrons. The van der Waals surface area contributed by atoms with Crippen LogP contribution in [0.2, 0.25) is 0 Å². The minimum absolute atomic E-state index is 0.697. The van der Waals surface area contributed by atoms with Crippen molar-refractivity contribution in [3.8, 4) is 22.3 Å². The quantitative estimate of drug-likeness (QED) is 0.310. The van der Waals surface area contributed by atoms with Crippen LogP contribution in [-0.2, 0) is 20.1 Å². The maximum absolute atomic E-state index is 4.60. The highest BCUT2D eigenvalue weighted by Crippen LogP contribution is 2.32. The Morgan fingerprint density at radius 1 is 1.00 bits per heavy atom. The summed E-state index contributed by atoms with van der Waals surface area (Å²) in [6, 6.07) is 17.0. The fourth-order valence-corrected chi connectivity index (χ4v) is 4.68.